The number of amides is 1. The standard InChI is InChI=1S/C10H9F2NO2/c1-5-2-6(11)9(7(12)3-5)8-4-15-10(14)13-8/h2-3,8H,4H2,1H3,(H,13,14). The zero-order chi connectivity index (χ0) is 11.0. The SMILES string of the molecule is Cc1cc(F)c(C2COC(=O)N2)c(F)c1. The second-order valence-electron chi connectivity index (χ2n) is 3.44. The maximum absolute atomic E-state index is 13.4. The van der Waals surface area contributed by atoms with Crippen molar-refractivity contribution in [2.24, 2.45) is 0 Å². The minimum Gasteiger partial charge on any atom is -0.447 e. The van der Waals surface area contributed by atoms with Crippen LogP contribution in [0.4, 0.5) is 13.6 Å². The van der Waals surface area contributed by atoms with Crippen molar-refractivity contribution in [2.45, 2.75) is 13.0 Å². The summed E-state index contributed by atoms with van der Waals surface area (Å²) in [5, 5.41) is 2.33. The van der Waals surface area contributed by atoms with Crippen LogP contribution in [0, 0.1) is 18.6 Å². The van der Waals surface area contributed by atoms with Gasteiger partial charge in [0.15, 0.2) is 0 Å². The highest BCUT2D eigenvalue weighted by Gasteiger charge is 2.28. The van der Waals surface area contributed by atoms with Crippen molar-refractivity contribution in [3.05, 3.63) is 34.9 Å². The molecule has 1 amide bonds. The minimum atomic E-state index is -0.738. The fraction of sp³-hybridized carbons (Fsp3) is 0.300. The van der Waals surface area contributed by atoms with Gasteiger partial charge in [-0.25, -0.2) is 13.6 Å². The van der Waals surface area contributed by atoms with Gasteiger partial charge in [0.05, 0.1) is 6.04 Å². The molecule has 1 saturated heterocycles. The van der Waals surface area contributed by atoms with Gasteiger partial charge in [-0.05, 0) is 24.6 Å². The summed E-state index contributed by atoms with van der Waals surface area (Å²) in [4.78, 5) is 10.7. The van der Waals surface area contributed by atoms with Crippen LogP contribution in [-0.4, -0.2) is 12.7 Å². The van der Waals surface area contributed by atoms with Gasteiger partial charge in [-0.2, -0.15) is 0 Å². The summed E-state index contributed by atoms with van der Waals surface area (Å²) in [6, 6.07) is 1.71. The van der Waals surface area contributed by atoms with Crippen LogP contribution in [0.5, 0.6) is 0 Å². The molecule has 1 atom stereocenters. The van der Waals surface area contributed by atoms with Crippen LogP contribution in [0.2, 0.25) is 0 Å². The number of nitrogens with one attached hydrogen (secondary N) is 1. The zero-order valence-electron chi connectivity index (χ0n) is 8.01. The van der Waals surface area contributed by atoms with Crippen molar-refractivity contribution >= 4 is 6.09 Å². The minimum absolute atomic E-state index is 0.0459. The van der Waals surface area contributed by atoms with Gasteiger partial charge in [0.1, 0.15) is 18.2 Å². The van der Waals surface area contributed by atoms with Crippen molar-refractivity contribution in [3.63, 3.8) is 0 Å². The van der Waals surface area contributed by atoms with Crippen molar-refractivity contribution in [2.75, 3.05) is 6.61 Å². The van der Waals surface area contributed by atoms with E-state index in [-0.39, 0.29) is 12.2 Å². The molecule has 15 heavy (non-hydrogen) atoms. The lowest BCUT2D eigenvalue weighted by Crippen LogP contribution is -2.20. The van der Waals surface area contributed by atoms with Crippen molar-refractivity contribution in [3.8, 4) is 0 Å². The van der Waals surface area contributed by atoms with Crippen LogP contribution in [0.3, 0.4) is 0 Å². The quantitative estimate of drug-likeness (QED) is 0.775. The predicted octanol–water partition coefficient (Wildman–Crippen LogP) is 2.05. The van der Waals surface area contributed by atoms with Crippen LogP contribution < -0.4 is 5.32 Å². The number of rotatable bonds is 1. The van der Waals surface area contributed by atoms with E-state index in [2.05, 4.69) is 10.1 Å². The summed E-state index contributed by atoms with van der Waals surface area (Å²) >= 11 is 0. The molecule has 2 rings (SSSR count). The molecule has 0 aliphatic carbocycles. The highest BCUT2D eigenvalue weighted by atomic mass is 19.1. The first-order valence-electron chi connectivity index (χ1n) is 4.47. The fourth-order valence-electron chi connectivity index (χ4n) is 1.58. The lowest BCUT2D eigenvalue weighted by atomic mass is 10.0. The molecule has 0 saturated carbocycles. The molecule has 1 fully saturated rings. The maximum atomic E-state index is 13.4. The number of carbonyl (C=O) groups excluding carboxylic acids is 1. The number of alkyl carbamates (subject to hydrolysis) is 1. The third-order valence-corrected chi connectivity index (χ3v) is 2.25. The molecule has 5 heteroatoms. The fourth-order valence-corrected chi connectivity index (χ4v) is 1.58. The summed E-state index contributed by atoms with van der Waals surface area (Å²) in [6.07, 6.45) is -0.653. The third kappa shape index (κ3) is 1.77. The van der Waals surface area contributed by atoms with Gasteiger partial charge in [-0.3, -0.25) is 0 Å². The number of aryl methyl sites for hydroxylation is 1. The molecule has 80 valence electrons. The average Bonchev–Trinajstić information content (AvgIpc) is 2.49. The Morgan fingerprint density at radius 1 is 1.40 bits per heavy atom. The van der Waals surface area contributed by atoms with Crippen LogP contribution in [-0.2, 0) is 4.74 Å². The number of halogens is 2. The Morgan fingerprint density at radius 3 is 2.47 bits per heavy atom. The molecular formula is C10H9F2NO2. The monoisotopic (exact) mass is 213 g/mol. The number of benzene rings is 1. The van der Waals surface area contributed by atoms with Crippen LogP contribution in [0.25, 0.3) is 0 Å². The van der Waals surface area contributed by atoms with Crippen LogP contribution in [0.15, 0.2) is 12.1 Å². The highest BCUT2D eigenvalue weighted by Crippen LogP contribution is 2.25. The van der Waals surface area contributed by atoms with Crippen LogP contribution in [0.1, 0.15) is 17.2 Å². The van der Waals surface area contributed by atoms with Gasteiger partial charge in [0.2, 0.25) is 0 Å². The van der Waals surface area contributed by atoms with E-state index in [1.165, 1.54) is 12.1 Å². The van der Waals surface area contributed by atoms with Gasteiger partial charge in [0, 0.05) is 5.56 Å². The van der Waals surface area contributed by atoms with E-state index in [4.69, 9.17) is 0 Å². The number of hydrogen-bond acceptors (Lipinski definition) is 2. The Morgan fingerprint density at radius 2 is 2.00 bits per heavy atom. The van der Waals surface area contributed by atoms with E-state index in [0.717, 1.165) is 0 Å². The number of ether oxygens (including phenoxy) is 1. The summed E-state index contributed by atoms with van der Waals surface area (Å²) in [7, 11) is 0. The lowest BCUT2D eigenvalue weighted by molar-refractivity contribution is 0.176. The molecule has 1 aromatic rings. The van der Waals surface area contributed by atoms with Gasteiger partial charge >= 0.3 is 6.09 Å². The molecule has 1 N–H and O–H groups in total. The molecule has 1 aromatic carbocycles. The molecule has 1 unspecified atom stereocenters. The zero-order valence-corrected chi connectivity index (χ0v) is 8.01. The van der Waals surface area contributed by atoms with E-state index >= 15 is 0 Å². The van der Waals surface area contributed by atoms with E-state index in [1.807, 2.05) is 0 Å². The molecule has 0 radical (unpaired) electrons. The normalized spacial score (nSPS) is 19.9. The van der Waals surface area contributed by atoms with Gasteiger partial charge in [0.25, 0.3) is 0 Å². The summed E-state index contributed by atoms with van der Waals surface area (Å²) < 4.78 is 31.5. The second kappa shape index (κ2) is 3.49. The maximum Gasteiger partial charge on any atom is 0.407 e. The molecule has 0 bridgehead atoms. The molecule has 0 spiro atoms. The summed E-state index contributed by atoms with van der Waals surface area (Å²) in [5.41, 5.74) is 0.352. The smallest absolute Gasteiger partial charge is 0.407 e. The predicted molar refractivity (Wildman–Crippen MR) is 48.3 cm³/mol. The first-order chi connectivity index (χ1) is 7.08. The van der Waals surface area contributed by atoms with Gasteiger partial charge < -0.3 is 10.1 Å². The third-order valence-electron chi connectivity index (χ3n) is 2.25. The van der Waals surface area contributed by atoms with E-state index in [9.17, 15) is 13.6 Å². The molecule has 3 nitrogen and oxygen atoms in total. The van der Waals surface area contributed by atoms with Gasteiger partial charge in [-0.15, -0.1) is 0 Å². The second-order valence-corrected chi connectivity index (χ2v) is 3.44. The number of carbonyl (C=O) groups is 1. The Hall–Kier alpha value is -1.65. The Kier molecular flexibility index (Phi) is 2.30. The van der Waals surface area contributed by atoms with Crippen molar-refractivity contribution in [1.82, 2.24) is 5.32 Å². The molecular weight excluding hydrogens is 204 g/mol. The van der Waals surface area contributed by atoms with E-state index in [1.54, 1.807) is 6.92 Å². The Bertz CT molecular complexity index is 397. The van der Waals surface area contributed by atoms with E-state index < -0.39 is 23.8 Å². The van der Waals surface area contributed by atoms with Gasteiger partial charge in [-0.1, -0.05) is 0 Å². The average molecular weight is 213 g/mol. The van der Waals surface area contributed by atoms with Crippen LogP contribution >= 0.6 is 0 Å². The topological polar surface area (TPSA) is 38.3 Å². The van der Waals surface area contributed by atoms with Crippen molar-refractivity contribution < 1.29 is 18.3 Å². The molecule has 1 heterocycles. The summed E-state index contributed by atoms with van der Waals surface area (Å²) in [6.45, 7) is 1.55. The summed E-state index contributed by atoms with van der Waals surface area (Å²) in [5.74, 6) is -1.33. The number of hydrogen-bond donors (Lipinski definition) is 1. The Labute approximate surface area is 85.0 Å². The first kappa shape index (κ1) is 9.89. The van der Waals surface area contributed by atoms with E-state index in [0.29, 0.717) is 5.56 Å². The molecule has 0 aromatic heterocycles. The number of cyclic esters (lactones) is 1. The Balaban J connectivity index is 2.39. The lowest BCUT2D eigenvalue weighted by Gasteiger charge is -2.10. The first-order valence-corrected chi connectivity index (χ1v) is 4.47. The largest absolute Gasteiger partial charge is 0.447 e. The van der Waals surface area contributed by atoms with Crippen molar-refractivity contribution in [1.29, 1.82) is 0 Å². The molecule has 1 aliphatic rings. The highest BCUT2D eigenvalue weighted by molar-refractivity contribution is 5.70. The molecule has 1 aliphatic heterocycles.